The lowest BCUT2D eigenvalue weighted by molar-refractivity contribution is -0.148. The molecule has 12 nitrogen and oxygen atoms in total. The fraction of sp³-hybridized carbons (Fsp3) is 0.667. The zero-order valence-corrected chi connectivity index (χ0v) is 36.5. The van der Waals surface area contributed by atoms with E-state index in [1.54, 1.807) is 0 Å². The minimum atomic E-state index is -0.577. The Bertz CT molecular complexity index is 1800. The average Bonchev–Trinajstić information content (AvgIpc) is 3.88. The van der Waals surface area contributed by atoms with Crippen LogP contribution in [0, 0.1) is 11.3 Å². The number of ether oxygens (including phenoxy) is 2. The monoisotopic (exact) mass is 850 g/mol. The van der Waals surface area contributed by atoms with Gasteiger partial charge in [-0.05, 0) is 93.9 Å². The number of phenolic OH excluding ortho intramolecular Hbond substituents is 1. The number of allylic oxidation sites excluding steroid dienone is 2. The van der Waals surface area contributed by atoms with Crippen molar-refractivity contribution in [2.45, 2.75) is 152 Å². The highest BCUT2D eigenvalue weighted by molar-refractivity contribution is 8.77. The third-order valence-electron chi connectivity index (χ3n) is 13.1. The molecule has 1 aromatic rings. The van der Waals surface area contributed by atoms with Gasteiger partial charge in [-0.1, -0.05) is 71.9 Å². The topological polar surface area (TPSA) is 185 Å². The molecule has 2 saturated carbocycles. The lowest BCUT2D eigenvalue weighted by Crippen LogP contribution is -2.47. The summed E-state index contributed by atoms with van der Waals surface area (Å²) in [6.45, 7) is 3.26. The molecule has 0 aromatic heterocycles. The lowest BCUT2D eigenvalue weighted by atomic mass is 9.77. The number of aromatic hydroxyl groups is 1. The van der Waals surface area contributed by atoms with Crippen LogP contribution in [0.4, 0.5) is 0 Å². The zero-order chi connectivity index (χ0) is 41.4. The number of aliphatic imine (C=N–C) groups is 1. The van der Waals surface area contributed by atoms with Crippen molar-refractivity contribution in [2.24, 2.45) is 27.8 Å². The van der Waals surface area contributed by atoms with Crippen LogP contribution in [0.2, 0.25) is 0 Å². The number of carbonyl (C=O) groups excluding carboxylic acids is 2. The van der Waals surface area contributed by atoms with Crippen molar-refractivity contribution in [3.8, 4) is 11.5 Å². The number of rotatable bonds is 3. The van der Waals surface area contributed by atoms with Crippen LogP contribution in [0.5, 0.6) is 11.5 Å². The summed E-state index contributed by atoms with van der Waals surface area (Å²) in [5.74, 6) is 2.58. The molecule has 14 heteroatoms. The van der Waals surface area contributed by atoms with Crippen LogP contribution in [0.3, 0.4) is 0 Å². The highest BCUT2D eigenvalue weighted by atomic mass is 33.1. The van der Waals surface area contributed by atoms with Gasteiger partial charge >= 0.3 is 5.97 Å². The van der Waals surface area contributed by atoms with Crippen molar-refractivity contribution in [2.75, 3.05) is 25.4 Å². The number of nitrogens with two attached hydrogens (primary N) is 2. The number of aryl methyl sites for hydroxylation is 1. The van der Waals surface area contributed by atoms with Crippen LogP contribution in [-0.4, -0.2) is 81.5 Å². The number of aliphatic hydroxyl groups excluding tert-OH is 1. The van der Waals surface area contributed by atoms with Crippen LogP contribution in [0.15, 0.2) is 40.7 Å². The van der Waals surface area contributed by atoms with Crippen LogP contribution >= 0.6 is 21.6 Å². The van der Waals surface area contributed by atoms with E-state index in [0.29, 0.717) is 87.7 Å². The van der Waals surface area contributed by atoms with Crippen molar-refractivity contribution in [1.29, 1.82) is 0 Å². The zero-order valence-electron chi connectivity index (χ0n) is 34.9. The molecule has 0 radical (unpaired) electrons. The standard InChI is InChI=1S/C45H66N6O6S2/c1-30(52)56-36-14-12-33-24-34(41(55)42-37(33)15-13-32-9-8-11-38(32)57-42)28-51-29-44(27-40(51)54,26-31-16-20-48-39(46)23-31)19-21-49-43(47)50-45(17-5-6-18-45)59-58-22-7-3-2-4-10-35(53)25-36/h13,15-16,23-24,32,35-36,38,48,53,55H,2-12,14,17-22,25-29,46H2,1H3,(H3,47,49,50)/t32-,35+,36-,38+,44-/m1/s1. The SMILES string of the molecule is CC(=O)O[C@@H]1CCc2cc(c(O)c3c2C=C[C@H]2CCC[C@@H]2O3)CN2C[C@@](CC3=CCNC(N)=C3)(CCN=C(N)NC3(CCCC3)SSCCCCCC[C@H](O)C1)CC2=O. The second kappa shape index (κ2) is 19.9. The van der Waals surface area contributed by atoms with Crippen molar-refractivity contribution in [3.63, 3.8) is 0 Å². The van der Waals surface area contributed by atoms with Gasteiger partial charge in [-0.3, -0.25) is 14.6 Å². The maximum atomic E-state index is 14.1. The summed E-state index contributed by atoms with van der Waals surface area (Å²) in [5, 5.41) is 29.9. The van der Waals surface area contributed by atoms with Gasteiger partial charge in [0.25, 0.3) is 0 Å². The second-order valence-electron chi connectivity index (χ2n) is 17.9. The number of fused-ring (bicyclic) bond motifs is 7. The largest absolute Gasteiger partial charge is 0.504 e. The number of esters is 1. The first-order valence-electron chi connectivity index (χ1n) is 22.1. The molecular weight excluding hydrogens is 785 g/mol. The first-order chi connectivity index (χ1) is 28.5. The maximum Gasteiger partial charge on any atom is 0.302 e. The smallest absolute Gasteiger partial charge is 0.302 e. The van der Waals surface area contributed by atoms with Gasteiger partial charge in [-0.15, -0.1) is 0 Å². The maximum absolute atomic E-state index is 14.1. The Hall–Kier alpha value is -3.49. The van der Waals surface area contributed by atoms with Crippen molar-refractivity contribution >= 4 is 45.5 Å². The molecule has 1 aromatic carbocycles. The molecule has 2 aliphatic carbocycles. The van der Waals surface area contributed by atoms with Crippen molar-refractivity contribution in [1.82, 2.24) is 15.5 Å². The minimum Gasteiger partial charge on any atom is -0.504 e. The fourth-order valence-electron chi connectivity index (χ4n) is 10.1. The number of dihydropyridines is 1. The molecule has 4 aliphatic heterocycles. The Morgan fingerprint density at radius 1 is 1.07 bits per heavy atom. The number of benzene rings is 1. The van der Waals surface area contributed by atoms with E-state index in [1.165, 1.54) is 6.92 Å². The third kappa shape index (κ3) is 11.5. The van der Waals surface area contributed by atoms with E-state index in [0.717, 1.165) is 93.1 Å². The number of carbonyl (C=O) groups is 2. The van der Waals surface area contributed by atoms with Gasteiger partial charge in [0.05, 0.1) is 16.8 Å². The van der Waals surface area contributed by atoms with Crippen LogP contribution in [-0.2, 0) is 27.3 Å². The summed E-state index contributed by atoms with van der Waals surface area (Å²) < 4.78 is 12.5. The first-order valence-corrected chi connectivity index (χ1v) is 24.5. The molecule has 4 heterocycles. The number of amides is 1. The van der Waals surface area contributed by atoms with Gasteiger partial charge in [-0.2, -0.15) is 0 Å². The molecule has 1 amide bonds. The van der Waals surface area contributed by atoms with Gasteiger partial charge in [0.15, 0.2) is 17.5 Å². The number of nitrogens with zero attached hydrogens (tertiary/aromatic N) is 2. The number of nitrogens with one attached hydrogen (secondary N) is 2. The first kappa shape index (κ1) is 43.6. The predicted molar refractivity (Wildman–Crippen MR) is 237 cm³/mol. The molecule has 1 spiro atoms. The fourth-order valence-corrected chi connectivity index (χ4v) is 13.2. The van der Waals surface area contributed by atoms with Crippen molar-refractivity contribution < 1.29 is 29.3 Å². The van der Waals surface area contributed by atoms with Gasteiger partial charge in [0.1, 0.15) is 12.2 Å². The summed E-state index contributed by atoms with van der Waals surface area (Å²) in [6.07, 6.45) is 22.7. The number of phenols is 1. The van der Waals surface area contributed by atoms with Crippen LogP contribution in [0.25, 0.3) is 6.08 Å². The van der Waals surface area contributed by atoms with Crippen LogP contribution < -0.4 is 26.8 Å². The third-order valence-corrected chi connectivity index (χ3v) is 16.3. The molecule has 3 fully saturated rings. The summed E-state index contributed by atoms with van der Waals surface area (Å²) in [5.41, 5.74) is 15.9. The summed E-state index contributed by atoms with van der Waals surface area (Å²) in [4.78, 5) is 33.0. The quantitative estimate of drug-likeness (QED) is 0.136. The molecule has 59 heavy (non-hydrogen) atoms. The number of aliphatic hydroxyl groups is 1. The molecule has 8 N–H and O–H groups in total. The molecule has 6 aliphatic rings. The van der Waals surface area contributed by atoms with E-state index in [9.17, 15) is 19.8 Å². The molecule has 4 bridgehead atoms. The molecule has 0 unspecified atom stereocenters. The van der Waals surface area contributed by atoms with Crippen LogP contribution in [0.1, 0.15) is 133 Å². The Morgan fingerprint density at radius 2 is 1.90 bits per heavy atom. The number of guanidine groups is 1. The average molecular weight is 851 g/mol. The van der Waals surface area contributed by atoms with E-state index >= 15 is 0 Å². The Morgan fingerprint density at radius 3 is 2.71 bits per heavy atom. The number of hydrogen-bond acceptors (Lipinski definition) is 13. The van der Waals surface area contributed by atoms with Crippen molar-refractivity contribution in [3.05, 3.63) is 52.4 Å². The summed E-state index contributed by atoms with van der Waals surface area (Å²) >= 11 is 0. The Balaban J connectivity index is 1.19. The van der Waals surface area contributed by atoms with E-state index in [4.69, 9.17) is 25.9 Å². The second-order valence-corrected chi connectivity index (χ2v) is 20.7. The highest BCUT2D eigenvalue weighted by Crippen LogP contribution is 2.48. The van der Waals surface area contributed by atoms with Gasteiger partial charge in [0, 0.05) is 74.2 Å². The minimum absolute atomic E-state index is 0.0253. The molecule has 7 rings (SSSR count). The van der Waals surface area contributed by atoms with Gasteiger partial charge in [-0.25, -0.2) is 0 Å². The Labute approximate surface area is 358 Å². The molecule has 324 valence electrons. The molecular formula is C45H66N6O6S2. The predicted octanol–water partition coefficient (Wildman–Crippen LogP) is 6.93. The van der Waals surface area contributed by atoms with E-state index < -0.39 is 17.6 Å². The van der Waals surface area contributed by atoms with E-state index in [2.05, 4.69) is 28.9 Å². The summed E-state index contributed by atoms with van der Waals surface area (Å²) in [7, 11) is 3.80. The lowest BCUT2D eigenvalue weighted by Gasteiger charge is -2.31. The highest BCUT2D eigenvalue weighted by Gasteiger charge is 2.44. The summed E-state index contributed by atoms with van der Waals surface area (Å²) in [6, 6.07) is 2.01. The normalized spacial score (nSPS) is 29.8. The van der Waals surface area contributed by atoms with E-state index in [1.807, 2.05) is 38.6 Å². The molecule has 5 atom stereocenters. The Kier molecular flexibility index (Phi) is 14.7. The molecule has 1 saturated heterocycles. The number of hydrogen-bond donors (Lipinski definition) is 6. The van der Waals surface area contributed by atoms with E-state index in [-0.39, 0.29) is 41.1 Å². The van der Waals surface area contributed by atoms with Gasteiger partial charge < -0.3 is 46.7 Å². The van der Waals surface area contributed by atoms with Gasteiger partial charge in [0.2, 0.25) is 5.91 Å².